The van der Waals surface area contributed by atoms with E-state index in [1.165, 1.54) is 0 Å². The van der Waals surface area contributed by atoms with E-state index in [1.807, 2.05) is 4.90 Å². The van der Waals surface area contributed by atoms with Gasteiger partial charge in [0.25, 0.3) is 0 Å². The summed E-state index contributed by atoms with van der Waals surface area (Å²) in [6.07, 6.45) is 2.44. The van der Waals surface area contributed by atoms with E-state index in [0.29, 0.717) is 13.1 Å². The topological polar surface area (TPSA) is 87.5 Å². The number of rotatable bonds is 4. The van der Waals surface area contributed by atoms with Gasteiger partial charge in [0.05, 0.1) is 6.54 Å². The van der Waals surface area contributed by atoms with Gasteiger partial charge < -0.3 is 11.1 Å². The van der Waals surface area contributed by atoms with Crippen LogP contribution >= 0.6 is 0 Å². The van der Waals surface area contributed by atoms with Crippen molar-refractivity contribution in [3.8, 4) is 0 Å². The maximum Gasteiger partial charge on any atom is 0.321 e. The number of likely N-dealkylation sites (tertiary alicyclic amines) is 1. The lowest BCUT2D eigenvalue weighted by atomic mass is 10.3. The van der Waals surface area contributed by atoms with E-state index in [0.717, 1.165) is 13.0 Å². The molecule has 0 saturated carbocycles. The number of amides is 3. The highest BCUT2D eigenvalue weighted by atomic mass is 16.2. The van der Waals surface area contributed by atoms with Gasteiger partial charge in [0.2, 0.25) is 5.91 Å². The van der Waals surface area contributed by atoms with Crippen molar-refractivity contribution in [3.63, 3.8) is 0 Å². The molecule has 1 rings (SSSR count). The third-order valence-corrected chi connectivity index (χ3v) is 2.34. The van der Waals surface area contributed by atoms with E-state index in [4.69, 9.17) is 5.73 Å². The third-order valence-electron chi connectivity index (χ3n) is 2.34. The Morgan fingerprint density at radius 1 is 1.56 bits per heavy atom. The molecule has 1 aliphatic rings. The molecular formula is C10H18N4O2. The minimum absolute atomic E-state index is 0.141. The first-order valence-corrected chi connectivity index (χ1v) is 5.28. The van der Waals surface area contributed by atoms with Gasteiger partial charge >= 0.3 is 6.03 Å². The fourth-order valence-corrected chi connectivity index (χ4v) is 1.58. The van der Waals surface area contributed by atoms with Crippen molar-refractivity contribution in [2.45, 2.75) is 12.5 Å². The molecule has 1 saturated heterocycles. The van der Waals surface area contributed by atoms with Crippen LogP contribution in [0.25, 0.3) is 0 Å². The van der Waals surface area contributed by atoms with E-state index in [9.17, 15) is 9.59 Å². The Morgan fingerprint density at radius 2 is 2.31 bits per heavy atom. The SMILES string of the molecule is C=CCNC(=O)NC(=O)CN1CCC(N)C1. The third kappa shape index (κ3) is 4.41. The van der Waals surface area contributed by atoms with E-state index in [-0.39, 0.29) is 18.5 Å². The summed E-state index contributed by atoms with van der Waals surface area (Å²) >= 11 is 0. The molecular weight excluding hydrogens is 208 g/mol. The second-order valence-corrected chi connectivity index (χ2v) is 3.83. The summed E-state index contributed by atoms with van der Waals surface area (Å²) < 4.78 is 0. The standard InChI is InChI=1S/C10H18N4O2/c1-2-4-12-10(16)13-9(15)7-14-5-3-8(11)6-14/h2,8H,1,3-7,11H2,(H2,12,13,15,16). The highest BCUT2D eigenvalue weighted by Crippen LogP contribution is 2.05. The molecule has 6 nitrogen and oxygen atoms in total. The lowest BCUT2D eigenvalue weighted by molar-refractivity contribution is -0.120. The van der Waals surface area contributed by atoms with Crippen LogP contribution in [0.5, 0.6) is 0 Å². The number of carbonyl (C=O) groups is 2. The van der Waals surface area contributed by atoms with Gasteiger partial charge in [-0.05, 0) is 6.42 Å². The highest BCUT2D eigenvalue weighted by Gasteiger charge is 2.21. The Hall–Kier alpha value is -1.40. The molecule has 0 aliphatic carbocycles. The summed E-state index contributed by atoms with van der Waals surface area (Å²) in [7, 11) is 0. The van der Waals surface area contributed by atoms with Gasteiger partial charge in [-0.1, -0.05) is 6.08 Å². The van der Waals surface area contributed by atoms with Crippen molar-refractivity contribution >= 4 is 11.9 Å². The predicted molar refractivity (Wildman–Crippen MR) is 60.8 cm³/mol. The molecule has 3 amide bonds. The maximum atomic E-state index is 11.4. The number of nitrogens with zero attached hydrogens (tertiary/aromatic N) is 1. The largest absolute Gasteiger partial charge is 0.334 e. The molecule has 1 fully saturated rings. The van der Waals surface area contributed by atoms with Gasteiger partial charge in [0.1, 0.15) is 0 Å². The molecule has 4 N–H and O–H groups in total. The van der Waals surface area contributed by atoms with Crippen molar-refractivity contribution in [1.29, 1.82) is 0 Å². The number of nitrogens with one attached hydrogen (secondary N) is 2. The van der Waals surface area contributed by atoms with Crippen molar-refractivity contribution < 1.29 is 9.59 Å². The van der Waals surface area contributed by atoms with Crippen molar-refractivity contribution in [1.82, 2.24) is 15.5 Å². The first-order chi connectivity index (χ1) is 7.61. The Balaban J connectivity index is 2.20. The number of hydrogen-bond donors (Lipinski definition) is 3. The fourth-order valence-electron chi connectivity index (χ4n) is 1.58. The van der Waals surface area contributed by atoms with Gasteiger partial charge in [0.15, 0.2) is 0 Å². The van der Waals surface area contributed by atoms with E-state index < -0.39 is 6.03 Å². The van der Waals surface area contributed by atoms with Gasteiger partial charge in [-0.25, -0.2) is 4.79 Å². The normalized spacial score (nSPS) is 20.4. The van der Waals surface area contributed by atoms with E-state index in [2.05, 4.69) is 17.2 Å². The van der Waals surface area contributed by atoms with Crippen LogP contribution in [-0.4, -0.2) is 49.1 Å². The van der Waals surface area contributed by atoms with Gasteiger partial charge in [0, 0.05) is 25.7 Å². The van der Waals surface area contributed by atoms with Crippen molar-refractivity contribution in [2.75, 3.05) is 26.2 Å². The summed E-state index contributed by atoms with van der Waals surface area (Å²) in [5.74, 6) is -0.310. The summed E-state index contributed by atoms with van der Waals surface area (Å²) in [5, 5.41) is 4.70. The molecule has 0 aromatic rings. The zero-order valence-electron chi connectivity index (χ0n) is 9.24. The van der Waals surface area contributed by atoms with Gasteiger partial charge in [-0.3, -0.25) is 15.0 Å². The molecule has 16 heavy (non-hydrogen) atoms. The molecule has 0 spiro atoms. The van der Waals surface area contributed by atoms with Crippen LogP contribution in [0.1, 0.15) is 6.42 Å². The number of nitrogens with two attached hydrogens (primary N) is 1. The highest BCUT2D eigenvalue weighted by molar-refractivity contribution is 5.95. The Kier molecular flexibility index (Phi) is 4.94. The number of carbonyl (C=O) groups excluding carboxylic acids is 2. The zero-order chi connectivity index (χ0) is 12.0. The Labute approximate surface area is 94.9 Å². The van der Waals surface area contributed by atoms with E-state index in [1.54, 1.807) is 6.08 Å². The molecule has 1 heterocycles. The fraction of sp³-hybridized carbons (Fsp3) is 0.600. The summed E-state index contributed by atoms with van der Waals surface area (Å²) in [4.78, 5) is 24.4. The maximum absolute atomic E-state index is 11.4. The van der Waals surface area contributed by atoms with Crippen LogP contribution in [0.3, 0.4) is 0 Å². The second-order valence-electron chi connectivity index (χ2n) is 3.83. The summed E-state index contributed by atoms with van der Waals surface area (Å²) in [5.41, 5.74) is 5.70. The first-order valence-electron chi connectivity index (χ1n) is 5.28. The Bertz CT molecular complexity index is 280. The monoisotopic (exact) mass is 226 g/mol. The first kappa shape index (κ1) is 12.7. The van der Waals surface area contributed by atoms with E-state index >= 15 is 0 Å². The van der Waals surface area contributed by atoms with Crippen LogP contribution in [0.15, 0.2) is 12.7 Å². The van der Waals surface area contributed by atoms with Crippen LogP contribution in [0.4, 0.5) is 4.79 Å². The van der Waals surface area contributed by atoms with Crippen molar-refractivity contribution in [2.24, 2.45) is 5.73 Å². The van der Waals surface area contributed by atoms with Crippen LogP contribution < -0.4 is 16.4 Å². The number of urea groups is 1. The van der Waals surface area contributed by atoms with Crippen molar-refractivity contribution in [3.05, 3.63) is 12.7 Å². The quantitative estimate of drug-likeness (QED) is 0.538. The molecule has 0 bridgehead atoms. The second kappa shape index (κ2) is 6.24. The zero-order valence-corrected chi connectivity index (χ0v) is 9.24. The summed E-state index contributed by atoms with van der Waals surface area (Å²) in [6.45, 7) is 5.53. The molecule has 6 heteroatoms. The average Bonchev–Trinajstić information content (AvgIpc) is 2.60. The molecule has 0 radical (unpaired) electrons. The van der Waals surface area contributed by atoms with Crippen LogP contribution in [0.2, 0.25) is 0 Å². The number of imide groups is 1. The van der Waals surface area contributed by atoms with Crippen LogP contribution in [-0.2, 0) is 4.79 Å². The average molecular weight is 226 g/mol. The minimum Gasteiger partial charge on any atom is -0.334 e. The number of hydrogen-bond acceptors (Lipinski definition) is 4. The molecule has 1 unspecified atom stereocenters. The van der Waals surface area contributed by atoms with Crippen LogP contribution in [0, 0.1) is 0 Å². The molecule has 1 atom stereocenters. The lowest BCUT2D eigenvalue weighted by Crippen LogP contribution is -2.44. The molecule has 0 aromatic carbocycles. The smallest absolute Gasteiger partial charge is 0.321 e. The van der Waals surface area contributed by atoms with Gasteiger partial charge in [-0.15, -0.1) is 6.58 Å². The molecule has 90 valence electrons. The predicted octanol–water partition coefficient (Wildman–Crippen LogP) is -0.969. The van der Waals surface area contributed by atoms with Gasteiger partial charge in [-0.2, -0.15) is 0 Å². The molecule has 0 aromatic heterocycles. The molecule has 1 aliphatic heterocycles. The minimum atomic E-state index is -0.492. The summed E-state index contributed by atoms with van der Waals surface area (Å²) in [6, 6.07) is -0.351. The Morgan fingerprint density at radius 3 is 2.88 bits per heavy atom. The lowest BCUT2D eigenvalue weighted by Gasteiger charge is -2.14.